The number of rotatable bonds is 7. The molecule has 0 aromatic heterocycles. The molecule has 0 unspecified atom stereocenters. The standard InChI is InChI=1S/C14H23N3O2/c1-3-6-16-9-14(19)17(10-13(16)18)8-11(2)7-15-12-4-5-12/h12,15H,2-10H2,1H3. The zero-order valence-corrected chi connectivity index (χ0v) is 11.7. The Morgan fingerprint density at radius 3 is 2.53 bits per heavy atom. The van der Waals surface area contributed by atoms with Crippen LogP contribution in [0.1, 0.15) is 26.2 Å². The van der Waals surface area contributed by atoms with Gasteiger partial charge in [-0.05, 0) is 24.8 Å². The fourth-order valence-electron chi connectivity index (χ4n) is 2.22. The predicted molar refractivity (Wildman–Crippen MR) is 73.6 cm³/mol. The zero-order chi connectivity index (χ0) is 13.8. The zero-order valence-electron chi connectivity index (χ0n) is 11.7. The lowest BCUT2D eigenvalue weighted by atomic mass is 10.2. The third-order valence-corrected chi connectivity index (χ3v) is 3.48. The molecule has 2 amide bonds. The van der Waals surface area contributed by atoms with Crippen molar-refractivity contribution in [2.75, 3.05) is 32.7 Å². The van der Waals surface area contributed by atoms with Crippen molar-refractivity contribution in [3.05, 3.63) is 12.2 Å². The second-order valence-electron chi connectivity index (χ2n) is 5.47. The van der Waals surface area contributed by atoms with Gasteiger partial charge in [0.25, 0.3) is 0 Å². The molecule has 1 saturated heterocycles. The highest BCUT2D eigenvalue weighted by molar-refractivity contribution is 5.92. The molecular formula is C14H23N3O2. The number of carbonyl (C=O) groups is 2. The van der Waals surface area contributed by atoms with Crippen molar-refractivity contribution in [1.82, 2.24) is 15.1 Å². The largest absolute Gasteiger partial charge is 0.332 e. The number of hydrogen-bond donors (Lipinski definition) is 1. The molecule has 1 N–H and O–H groups in total. The molecule has 2 fully saturated rings. The van der Waals surface area contributed by atoms with Gasteiger partial charge in [0, 0.05) is 25.7 Å². The summed E-state index contributed by atoms with van der Waals surface area (Å²) >= 11 is 0. The molecule has 5 heteroatoms. The van der Waals surface area contributed by atoms with Crippen LogP contribution in [0.5, 0.6) is 0 Å². The molecule has 0 radical (unpaired) electrons. The Morgan fingerprint density at radius 2 is 1.89 bits per heavy atom. The number of nitrogens with one attached hydrogen (secondary N) is 1. The number of piperazine rings is 1. The van der Waals surface area contributed by atoms with Crippen LogP contribution >= 0.6 is 0 Å². The van der Waals surface area contributed by atoms with E-state index in [0.29, 0.717) is 19.1 Å². The molecule has 1 aliphatic heterocycles. The van der Waals surface area contributed by atoms with Crippen LogP contribution in [0.15, 0.2) is 12.2 Å². The Balaban J connectivity index is 1.78. The minimum atomic E-state index is 0.0284. The van der Waals surface area contributed by atoms with Gasteiger partial charge in [0.15, 0.2) is 0 Å². The molecule has 0 aromatic carbocycles. The summed E-state index contributed by atoms with van der Waals surface area (Å²) in [6, 6.07) is 0.635. The van der Waals surface area contributed by atoms with Crippen molar-refractivity contribution >= 4 is 11.8 Å². The number of carbonyl (C=O) groups excluding carboxylic acids is 2. The van der Waals surface area contributed by atoms with Crippen molar-refractivity contribution in [3.8, 4) is 0 Å². The Morgan fingerprint density at radius 1 is 1.26 bits per heavy atom. The van der Waals surface area contributed by atoms with Crippen molar-refractivity contribution < 1.29 is 9.59 Å². The van der Waals surface area contributed by atoms with Crippen LogP contribution in [-0.4, -0.2) is 60.4 Å². The van der Waals surface area contributed by atoms with Crippen molar-refractivity contribution in [1.29, 1.82) is 0 Å². The Hall–Kier alpha value is -1.36. The molecule has 1 heterocycles. The summed E-state index contributed by atoms with van der Waals surface area (Å²) < 4.78 is 0. The van der Waals surface area contributed by atoms with E-state index < -0.39 is 0 Å². The highest BCUT2D eigenvalue weighted by atomic mass is 16.2. The van der Waals surface area contributed by atoms with E-state index in [4.69, 9.17) is 0 Å². The Bertz CT molecular complexity index is 377. The second-order valence-corrected chi connectivity index (χ2v) is 5.47. The van der Waals surface area contributed by atoms with Crippen LogP contribution < -0.4 is 5.32 Å². The first kappa shape index (κ1) is 14.1. The first-order chi connectivity index (χ1) is 9.10. The average Bonchev–Trinajstić information content (AvgIpc) is 3.17. The van der Waals surface area contributed by atoms with Crippen LogP contribution in [0.3, 0.4) is 0 Å². The summed E-state index contributed by atoms with van der Waals surface area (Å²) in [7, 11) is 0. The van der Waals surface area contributed by atoms with Gasteiger partial charge in [0.2, 0.25) is 11.8 Å². The van der Waals surface area contributed by atoms with E-state index in [-0.39, 0.29) is 24.9 Å². The van der Waals surface area contributed by atoms with Gasteiger partial charge in [-0.25, -0.2) is 0 Å². The lowest BCUT2D eigenvalue weighted by molar-refractivity contribution is -0.149. The van der Waals surface area contributed by atoms with E-state index in [0.717, 1.165) is 18.5 Å². The number of hydrogen-bond acceptors (Lipinski definition) is 3. The van der Waals surface area contributed by atoms with Gasteiger partial charge in [-0.1, -0.05) is 13.5 Å². The van der Waals surface area contributed by atoms with Gasteiger partial charge >= 0.3 is 0 Å². The van der Waals surface area contributed by atoms with Gasteiger partial charge in [-0.2, -0.15) is 0 Å². The molecule has 2 rings (SSSR count). The van der Waals surface area contributed by atoms with E-state index in [1.54, 1.807) is 9.80 Å². The second kappa shape index (κ2) is 6.19. The molecule has 0 aromatic rings. The summed E-state index contributed by atoms with van der Waals surface area (Å²) in [5, 5.41) is 3.37. The predicted octanol–water partition coefficient (Wildman–Crippen LogP) is 0.375. The van der Waals surface area contributed by atoms with E-state index in [1.165, 1.54) is 12.8 Å². The third kappa shape index (κ3) is 4.06. The maximum atomic E-state index is 12.0. The van der Waals surface area contributed by atoms with Gasteiger partial charge in [0.1, 0.15) is 6.54 Å². The topological polar surface area (TPSA) is 52.7 Å². The average molecular weight is 265 g/mol. The molecule has 19 heavy (non-hydrogen) atoms. The highest BCUT2D eigenvalue weighted by Gasteiger charge is 2.29. The highest BCUT2D eigenvalue weighted by Crippen LogP contribution is 2.18. The van der Waals surface area contributed by atoms with Crippen LogP contribution in [0.2, 0.25) is 0 Å². The summed E-state index contributed by atoms with van der Waals surface area (Å²) in [6.07, 6.45) is 3.36. The summed E-state index contributed by atoms with van der Waals surface area (Å²) in [5.74, 6) is 0.0741. The van der Waals surface area contributed by atoms with E-state index in [9.17, 15) is 9.59 Å². The lowest BCUT2D eigenvalue weighted by Gasteiger charge is -2.34. The molecular weight excluding hydrogens is 242 g/mol. The first-order valence-electron chi connectivity index (χ1n) is 7.05. The molecule has 5 nitrogen and oxygen atoms in total. The smallest absolute Gasteiger partial charge is 0.242 e. The number of amides is 2. The van der Waals surface area contributed by atoms with Crippen LogP contribution in [0.25, 0.3) is 0 Å². The van der Waals surface area contributed by atoms with Crippen LogP contribution in [-0.2, 0) is 9.59 Å². The Kier molecular flexibility index (Phi) is 4.58. The molecule has 0 bridgehead atoms. The summed E-state index contributed by atoms with van der Waals surface area (Å²) in [5.41, 5.74) is 0.969. The lowest BCUT2D eigenvalue weighted by Crippen LogP contribution is -2.54. The summed E-state index contributed by atoms with van der Waals surface area (Å²) in [6.45, 7) is 8.30. The molecule has 0 spiro atoms. The normalized spacial score (nSPS) is 20.1. The quantitative estimate of drug-likeness (QED) is 0.677. The van der Waals surface area contributed by atoms with E-state index >= 15 is 0 Å². The maximum Gasteiger partial charge on any atom is 0.242 e. The minimum Gasteiger partial charge on any atom is -0.332 e. The molecule has 0 atom stereocenters. The van der Waals surface area contributed by atoms with Gasteiger partial charge in [0.05, 0.1) is 6.54 Å². The van der Waals surface area contributed by atoms with Crippen LogP contribution in [0, 0.1) is 0 Å². The SMILES string of the molecule is C=C(CNC1CC1)CN1CC(=O)N(CCC)CC1=O. The van der Waals surface area contributed by atoms with E-state index in [2.05, 4.69) is 11.9 Å². The first-order valence-corrected chi connectivity index (χ1v) is 7.05. The molecule has 106 valence electrons. The number of nitrogens with zero attached hydrogens (tertiary/aromatic N) is 2. The van der Waals surface area contributed by atoms with Gasteiger partial charge in [-0.3, -0.25) is 9.59 Å². The summed E-state index contributed by atoms with van der Waals surface area (Å²) in [4.78, 5) is 27.1. The molecule has 1 saturated carbocycles. The van der Waals surface area contributed by atoms with Crippen LogP contribution in [0.4, 0.5) is 0 Å². The van der Waals surface area contributed by atoms with Gasteiger partial charge < -0.3 is 15.1 Å². The van der Waals surface area contributed by atoms with Crippen molar-refractivity contribution in [2.24, 2.45) is 0 Å². The van der Waals surface area contributed by atoms with Crippen molar-refractivity contribution in [3.63, 3.8) is 0 Å². The Labute approximate surface area is 114 Å². The minimum absolute atomic E-state index is 0.0284. The fraction of sp³-hybridized carbons (Fsp3) is 0.714. The molecule has 2 aliphatic rings. The van der Waals surface area contributed by atoms with Gasteiger partial charge in [-0.15, -0.1) is 0 Å². The fourth-order valence-corrected chi connectivity index (χ4v) is 2.22. The monoisotopic (exact) mass is 265 g/mol. The van der Waals surface area contributed by atoms with E-state index in [1.807, 2.05) is 6.92 Å². The molecule has 1 aliphatic carbocycles. The maximum absolute atomic E-state index is 12.0. The third-order valence-electron chi connectivity index (χ3n) is 3.48. The van der Waals surface area contributed by atoms with Crippen molar-refractivity contribution in [2.45, 2.75) is 32.2 Å².